The number of rotatable bonds is 3. The number of halogens is 6. The van der Waals surface area contributed by atoms with E-state index < -0.39 is 35.7 Å². The van der Waals surface area contributed by atoms with Crippen molar-refractivity contribution in [1.82, 2.24) is 4.98 Å². The highest BCUT2D eigenvalue weighted by Crippen LogP contribution is 2.43. The van der Waals surface area contributed by atoms with E-state index in [1.807, 2.05) is 0 Å². The van der Waals surface area contributed by atoms with Gasteiger partial charge in [-0.3, -0.25) is 9.78 Å². The van der Waals surface area contributed by atoms with Crippen molar-refractivity contribution in [2.45, 2.75) is 44.1 Å². The zero-order valence-electron chi connectivity index (χ0n) is 13.9. The molecule has 1 aliphatic rings. The quantitative estimate of drug-likeness (QED) is 0.508. The van der Waals surface area contributed by atoms with Gasteiger partial charge in [0.05, 0.1) is 12.0 Å². The van der Waals surface area contributed by atoms with E-state index in [4.69, 9.17) is 4.74 Å². The summed E-state index contributed by atoms with van der Waals surface area (Å²) < 4.78 is 84.5. The van der Waals surface area contributed by atoms with Crippen molar-refractivity contribution in [1.29, 1.82) is 0 Å². The van der Waals surface area contributed by atoms with E-state index in [1.165, 1.54) is 12.1 Å². The summed E-state index contributed by atoms with van der Waals surface area (Å²) in [6.07, 6.45) is -8.67. The van der Waals surface area contributed by atoms with Crippen molar-refractivity contribution >= 4 is 17.1 Å². The van der Waals surface area contributed by atoms with Crippen molar-refractivity contribution < 1.29 is 35.9 Å². The molecule has 3 rings (SSSR count). The van der Waals surface area contributed by atoms with Crippen LogP contribution < -0.4 is 4.74 Å². The molecule has 9 heteroatoms. The molecular formula is C18H15F6NO2. The summed E-state index contributed by atoms with van der Waals surface area (Å²) in [6, 6.07) is 3.74. The van der Waals surface area contributed by atoms with E-state index in [9.17, 15) is 31.1 Å². The third-order valence-corrected chi connectivity index (χ3v) is 4.72. The van der Waals surface area contributed by atoms with Gasteiger partial charge in [0, 0.05) is 11.6 Å². The molecule has 0 radical (unpaired) electrons. The molecule has 0 unspecified atom stereocenters. The maximum absolute atomic E-state index is 13.6. The Labute approximate surface area is 150 Å². The van der Waals surface area contributed by atoms with Gasteiger partial charge in [-0.2, -0.15) is 26.3 Å². The topological polar surface area (TPSA) is 39.2 Å². The van der Waals surface area contributed by atoms with Crippen molar-refractivity contribution in [2.24, 2.45) is 5.92 Å². The average Bonchev–Trinajstić information content (AvgIpc) is 2.59. The lowest BCUT2D eigenvalue weighted by Gasteiger charge is -2.31. The van der Waals surface area contributed by atoms with Gasteiger partial charge < -0.3 is 4.74 Å². The Balaban J connectivity index is 1.90. The fraction of sp³-hybridized carbons (Fsp3) is 0.444. The van der Waals surface area contributed by atoms with Crippen LogP contribution in [0.2, 0.25) is 0 Å². The second-order valence-electron chi connectivity index (χ2n) is 6.52. The lowest BCUT2D eigenvalue weighted by atomic mass is 9.87. The second-order valence-corrected chi connectivity index (χ2v) is 6.52. The minimum absolute atomic E-state index is 0.00485. The minimum atomic E-state index is -4.75. The van der Waals surface area contributed by atoms with E-state index in [0.29, 0.717) is 6.29 Å². The second kappa shape index (κ2) is 7.01. The van der Waals surface area contributed by atoms with Gasteiger partial charge in [0.25, 0.3) is 0 Å². The van der Waals surface area contributed by atoms with Crippen LogP contribution in [0.5, 0.6) is 5.75 Å². The Morgan fingerprint density at radius 3 is 2.26 bits per heavy atom. The Morgan fingerprint density at radius 1 is 1.04 bits per heavy atom. The number of benzene rings is 1. The Morgan fingerprint density at radius 2 is 1.70 bits per heavy atom. The van der Waals surface area contributed by atoms with Crippen LogP contribution in [0, 0.1) is 5.92 Å². The number of carbonyl (C=O) groups excluding carboxylic acids is 1. The van der Waals surface area contributed by atoms with Gasteiger partial charge in [0.1, 0.15) is 17.0 Å². The standard InChI is InChI=1S/C18H15F6NO2/c19-17(20,21)11-2-4-13(5-3-11)27-15-6-1-10-7-12(9-26)25-8-14(10)16(15)18(22,23)24/h1,6-9,11,13H,2-5H2. The van der Waals surface area contributed by atoms with Gasteiger partial charge in [0.2, 0.25) is 0 Å². The molecule has 27 heavy (non-hydrogen) atoms. The fourth-order valence-electron chi connectivity index (χ4n) is 3.36. The number of pyridine rings is 1. The summed E-state index contributed by atoms with van der Waals surface area (Å²) in [5.74, 6) is -1.88. The van der Waals surface area contributed by atoms with Crippen LogP contribution in [-0.2, 0) is 6.18 Å². The first-order valence-corrected chi connectivity index (χ1v) is 8.28. The van der Waals surface area contributed by atoms with Crippen molar-refractivity contribution in [2.75, 3.05) is 0 Å². The maximum Gasteiger partial charge on any atom is 0.420 e. The summed E-state index contributed by atoms with van der Waals surface area (Å²) in [6.45, 7) is 0. The van der Waals surface area contributed by atoms with Gasteiger partial charge in [-0.1, -0.05) is 6.07 Å². The van der Waals surface area contributed by atoms with Gasteiger partial charge >= 0.3 is 12.4 Å². The lowest BCUT2D eigenvalue weighted by Crippen LogP contribution is -2.32. The van der Waals surface area contributed by atoms with Crippen LogP contribution in [-0.4, -0.2) is 23.6 Å². The Bertz CT molecular complexity index is 838. The predicted octanol–water partition coefficient (Wildman–Crippen LogP) is 5.57. The molecule has 1 aliphatic carbocycles. The number of aromatic nitrogens is 1. The van der Waals surface area contributed by atoms with E-state index >= 15 is 0 Å². The highest BCUT2D eigenvalue weighted by atomic mass is 19.4. The van der Waals surface area contributed by atoms with Gasteiger partial charge in [-0.25, -0.2) is 0 Å². The number of carbonyl (C=O) groups is 1. The Kier molecular flexibility index (Phi) is 5.05. The van der Waals surface area contributed by atoms with Crippen molar-refractivity contribution in [3.05, 3.63) is 35.7 Å². The molecule has 1 fully saturated rings. The summed E-state index contributed by atoms with van der Waals surface area (Å²) in [5, 5.41) is -0.0536. The van der Waals surface area contributed by atoms with Crippen molar-refractivity contribution in [3.63, 3.8) is 0 Å². The first-order chi connectivity index (χ1) is 12.6. The first kappa shape index (κ1) is 19.4. The summed E-state index contributed by atoms with van der Waals surface area (Å²) in [5.41, 5.74) is -1.04. The third-order valence-electron chi connectivity index (χ3n) is 4.72. The van der Waals surface area contributed by atoms with Crippen LogP contribution in [0.15, 0.2) is 24.4 Å². The molecule has 1 saturated carbocycles. The number of fused-ring (bicyclic) bond motifs is 1. The molecule has 0 aliphatic heterocycles. The van der Waals surface area contributed by atoms with Gasteiger partial charge in [0.15, 0.2) is 6.29 Å². The molecule has 2 aromatic rings. The third kappa shape index (κ3) is 4.17. The Hall–Kier alpha value is -2.32. The molecule has 1 aromatic carbocycles. The molecule has 0 spiro atoms. The van der Waals surface area contributed by atoms with Crippen LogP contribution in [0.25, 0.3) is 10.8 Å². The molecule has 0 atom stereocenters. The van der Waals surface area contributed by atoms with Gasteiger partial charge in [-0.15, -0.1) is 0 Å². The number of ether oxygens (including phenoxy) is 1. The molecule has 0 saturated heterocycles. The fourth-order valence-corrected chi connectivity index (χ4v) is 3.36. The largest absolute Gasteiger partial charge is 0.490 e. The smallest absolute Gasteiger partial charge is 0.420 e. The van der Waals surface area contributed by atoms with E-state index in [2.05, 4.69) is 4.98 Å². The number of nitrogens with zero attached hydrogens (tertiary/aromatic N) is 1. The molecular weight excluding hydrogens is 376 g/mol. The minimum Gasteiger partial charge on any atom is -0.490 e. The normalized spacial score (nSPS) is 21.3. The van der Waals surface area contributed by atoms with Crippen LogP contribution >= 0.6 is 0 Å². The highest BCUT2D eigenvalue weighted by Gasteiger charge is 2.42. The van der Waals surface area contributed by atoms with Crippen LogP contribution in [0.3, 0.4) is 0 Å². The number of alkyl halides is 6. The van der Waals surface area contributed by atoms with E-state index in [1.54, 1.807) is 0 Å². The molecule has 146 valence electrons. The SMILES string of the molecule is O=Cc1cc2ccc(OC3CCC(C(F)(F)F)CC3)c(C(F)(F)F)c2cn1. The van der Waals surface area contributed by atoms with Crippen LogP contribution in [0.1, 0.15) is 41.7 Å². The van der Waals surface area contributed by atoms with E-state index in [0.717, 1.165) is 12.3 Å². The van der Waals surface area contributed by atoms with Gasteiger partial charge in [-0.05, 0) is 43.2 Å². The van der Waals surface area contributed by atoms with Crippen LogP contribution in [0.4, 0.5) is 26.3 Å². The molecule has 0 N–H and O–H groups in total. The molecule has 0 amide bonds. The summed E-state index contributed by atoms with van der Waals surface area (Å²) in [7, 11) is 0. The highest BCUT2D eigenvalue weighted by molar-refractivity contribution is 5.90. The predicted molar refractivity (Wildman–Crippen MR) is 84.6 cm³/mol. The zero-order chi connectivity index (χ0) is 19.8. The summed E-state index contributed by atoms with van der Waals surface area (Å²) >= 11 is 0. The molecule has 0 bridgehead atoms. The maximum atomic E-state index is 13.6. The van der Waals surface area contributed by atoms with Crippen molar-refractivity contribution in [3.8, 4) is 5.75 Å². The zero-order valence-corrected chi connectivity index (χ0v) is 13.9. The van der Waals surface area contributed by atoms with E-state index in [-0.39, 0.29) is 42.1 Å². The first-order valence-electron chi connectivity index (χ1n) is 8.28. The number of aldehydes is 1. The lowest BCUT2D eigenvalue weighted by molar-refractivity contribution is -0.185. The summed E-state index contributed by atoms with van der Waals surface area (Å²) in [4.78, 5) is 14.4. The molecule has 1 aromatic heterocycles. The molecule has 3 nitrogen and oxygen atoms in total. The number of hydrogen-bond acceptors (Lipinski definition) is 3. The monoisotopic (exact) mass is 391 g/mol. The average molecular weight is 391 g/mol. The number of hydrogen-bond donors (Lipinski definition) is 0. The molecule has 1 heterocycles.